The number of aryl methyl sites for hydroxylation is 1. The van der Waals surface area contributed by atoms with E-state index in [1.54, 1.807) is 0 Å². The molecule has 2 aliphatic heterocycles. The van der Waals surface area contributed by atoms with Crippen molar-refractivity contribution >= 4 is 16.6 Å². The lowest BCUT2D eigenvalue weighted by atomic mass is 10.1. The maximum atomic E-state index is 2.65. The molecule has 0 fully saturated rings. The number of nitrogens with zero attached hydrogens (tertiary/aromatic N) is 2. The van der Waals surface area contributed by atoms with Crippen LogP contribution in [0.4, 0.5) is 5.69 Å². The van der Waals surface area contributed by atoms with Crippen molar-refractivity contribution in [2.24, 2.45) is 0 Å². The van der Waals surface area contributed by atoms with Crippen LogP contribution in [0.1, 0.15) is 17.7 Å². The molecule has 2 aromatic carbocycles. The van der Waals surface area contributed by atoms with Crippen LogP contribution in [-0.4, -0.2) is 17.2 Å². The van der Waals surface area contributed by atoms with Crippen molar-refractivity contribution in [3.8, 4) is 0 Å². The molecule has 0 spiro atoms. The maximum Gasteiger partial charge on any atom is 0.0482 e. The fourth-order valence-corrected chi connectivity index (χ4v) is 4.34. The molecule has 3 heterocycles. The van der Waals surface area contributed by atoms with Crippen LogP contribution in [-0.2, 0) is 19.4 Å². The Bertz CT molecular complexity index is 846. The number of anilines is 1. The van der Waals surface area contributed by atoms with Crippen molar-refractivity contribution in [3.05, 3.63) is 65.9 Å². The molecule has 1 aromatic heterocycles. The van der Waals surface area contributed by atoms with Crippen molar-refractivity contribution < 1.29 is 0 Å². The molecule has 3 aromatic rings. The van der Waals surface area contributed by atoms with Gasteiger partial charge in [0.2, 0.25) is 0 Å². The largest absolute Gasteiger partial charge is 0.368 e. The monoisotopic (exact) mass is 288 g/mol. The number of fused-ring (bicyclic) bond motifs is 6. The summed E-state index contributed by atoms with van der Waals surface area (Å²) in [6.07, 6.45) is 3.59. The van der Waals surface area contributed by atoms with Gasteiger partial charge in [-0.05, 0) is 42.0 Å². The lowest BCUT2D eigenvalue weighted by Gasteiger charge is -2.30. The maximum absolute atomic E-state index is 2.65. The Labute approximate surface area is 131 Å². The highest BCUT2D eigenvalue weighted by Gasteiger charge is 2.30. The second-order valence-corrected chi connectivity index (χ2v) is 6.56. The third kappa shape index (κ3) is 1.73. The summed E-state index contributed by atoms with van der Waals surface area (Å²) in [7, 11) is 0. The zero-order chi connectivity index (χ0) is 14.5. The lowest BCUT2D eigenvalue weighted by molar-refractivity contribution is 0.496. The molecule has 5 rings (SSSR count). The number of hydrogen-bond acceptors (Lipinski definition) is 1. The molecule has 2 heteroatoms. The third-order valence-corrected chi connectivity index (χ3v) is 5.39. The second-order valence-electron chi connectivity index (χ2n) is 6.56. The summed E-state index contributed by atoms with van der Waals surface area (Å²) >= 11 is 0. The molecule has 0 amide bonds. The average molecular weight is 288 g/mol. The number of benzene rings is 2. The topological polar surface area (TPSA) is 8.17 Å². The predicted octanol–water partition coefficient (Wildman–Crippen LogP) is 4.02. The molecule has 1 unspecified atom stereocenters. The SMILES string of the molecule is c1ccc2c(c1)CC1CCn3c(cc4ccccc43)CCN21. The smallest absolute Gasteiger partial charge is 0.0482 e. The average Bonchev–Trinajstić information content (AvgIpc) is 3.06. The summed E-state index contributed by atoms with van der Waals surface area (Å²) in [5, 5.41) is 1.39. The van der Waals surface area contributed by atoms with Gasteiger partial charge in [-0.2, -0.15) is 0 Å². The van der Waals surface area contributed by atoms with Crippen LogP contribution in [0.25, 0.3) is 10.9 Å². The number of para-hydroxylation sites is 2. The quantitative estimate of drug-likeness (QED) is 0.606. The molecule has 2 nitrogen and oxygen atoms in total. The van der Waals surface area contributed by atoms with Gasteiger partial charge in [0.25, 0.3) is 0 Å². The van der Waals surface area contributed by atoms with E-state index < -0.39 is 0 Å². The summed E-state index contributed by atoms with van der Waals surface area (Å²) in [6.45, 7) is 2.27. The molecule has 0 radical (unpaired) electrons. The van der Waals surface area contributed by atoms with Gasteiger partial charge in [0.1, 0.15) is 0 Å². The van der Waals surface area contributed by atoms with Gasteiger partial charge in [-0.3, -0.25) is 0 Å². The minimum Gasteiger partial charge on any atom is -0.368 e. The van der Waals surface area contributed by atoms with E-state index in [0.717, 1.165) is 19.5 Å². The van der Waals surface area contributed by atoms with E-state index in [1.165, 1.54) is 40.7 Å². The number of rotatable bonds is 0. The van der Waals surface area contributed by atoms with Crippen molar-refractivity contribution in [2.75, 3.05) is 11.4 Å². The predicted molar refractivity (Wildman–Crippen MR) is 91.5 cm³/mol. The van der Waals surface area contributed by atoms with Crippen LogP contribution in [0.3, 0.4) is 0 Å². The van der Waals surface area contributed by atoms with Crippen LogP contribution in [0.5, 0.6) is 0 Å². The van der Waals surface area contributed by atoms with E-state index in [2.05, 4.69) is 64.1 Å². The van der Waals surface area contributed by atoms with Gasteiger partial charge in [0.05, 0.1) is 0 Å². The molecule has 0 bridgehead atoms. The molecule has 0 N–H and O–H groups in total. The van der Waals surface area contributed by atoms with Crippen LogP contribution < -0.4 is 4.90 Å². The fourth-order valence-electron chi connectivity index (χ4n) is 4.34. The van der Waals surface area contributed by atoms with Gasteiger partial charge in [0, 0.05) is 42.5 Å². The van der Waals surface area contributed by atoms with E-state index in [4.69, 9.17) is 0 Å². The Hall–Kier alpha value is -2.22. The highest BCUT2D eigenvalue weighted by atomic mass is 15.2. The van der Waals surface area contributed by atoms with Gasteiger partial charge < -0.3 is 9.47 Å². The summed E-state index contributed by atoms with van der Waals surface area (Å²) in [5.41, 5.74) is 5.89. The number of aromatic nitrogens is 1. The molecule has 1 atom stereocenters. The van der Waals surface area contributed by atoms with Gasteiger partial charge >= 0.3 is 0 Å². The summed E-state index contributed by atoms with van der Waals surface area (Å²) in [6, 6.07) is 20.8. The Morgan fingerprint density at radius 1 is 0.909 bits per heavy atom. The van der Waals surface area contributed by atoms with Crippen LogP contribution >= 0.6 is 0 Å². The summed E-state index contributed by atoms with van der Waals surface area (Å²) in [5.74, 6) is 0. The Morgan fingerprint density at radius 2 is 1.77 bits per heavy atom. The third-order valence-electron chi connectivity index (χ3n) is 5.39. The first-order valence-corrected chi connectivity index (χ1v) is 8.32. The molecule has 0 aliphatic carbocycles. The Kier molecular flexibility index (Phi) is 2.60. The van der Waals surface area contributed by atoms with Gasteiger partial charge in [-0.1, -0.05) is 36.4 Å². The lowest BCUT2D eigenvalue weighted by Crippen LogP contribution is -2.36. The van der Waals surface area contributed by atoms with E-state index in [-0.39, 0.29) is 0 Å². The zero-order valence-electron chi connectivity index (χ0n) is 12.7. The standard InChI is InChI=1S/C20H20N2/c1-3-7-19-15(5-1)13-17-9-12-22-18(10-11-21(17)19)14-16-6-2-4-8-20(16)22/h1-8,13,18H,9-12,14H2. The minimum absolute atomic E-state index is 0.673. The molecular formula is C20H20N2. The minimum atomic E-state index is 0.673. The van der Waals surface area contributed by atoms with Gasteiger partial charge in [-0.25, -0.2) is 0 Å². The van der Waals surface area contributed by atoms with E-state index in [9.17, 15) is 0 Å². The van der Waals surface area contributed by atoms with Crippen LogP contribution in [0, 0.1) is 0 Å². The molecule has 0 saturated carbocycles. The normalized spacial score (nSPS) is 20.2. The first kappa shape index (κ1) is 12.3. The fraction of sp³-hybridized carbons (Fsp3) is 0.300. The van der Waals surface area contributed by atoms with Crippen molar-refractivity contribution in [3.63, 3.8) is 0 Å². The van der Waals surface area contributed by atoms with Crippen molar-refractivity contribution in [1.29, 1.82) is 0 Å². The summed E-state index contributed by atoms with van der Waals surface area (Å²) < 4.78 is 2.55. The summed E-state index contributed by atoms with van der Waals surface area (Å²) in [4.78, 5) is 2.65. The molecule has 110 valence electrons. The molecule has 22 heavy (non-hydrogen) atoms. The van der Waals surface area contributed by atoms with E-state index in [0.29, 0.717) is 6.04 Å². The molecular weight excluding hydrogens is 268 g/mol. The van der Waals surface area contributed by atoms with Crippen LogP contribution in [0.15, 0.2) is 54.6 Å². The Morgan fingerprint density at radius 3 is 2.77 bits per heavy atom. The molecule has 2 aliphatic rings. The van der Waals surface area contributed by atoms with Crippen LogP contribution in [0.2, 0.25) is 0 Å². The van der Waals surface area contributed by atoms with Gasteiger partial charge in [0.15, 0.2) is 0 Å². The highest BCUT2D eigenvalue weighted by Crippen LogP contribution is 2.35. The first-order valence-electron chi connectivity index (χ1n) is 8.32. The van der Waals surface area contributed by atoms with E-state index in [1.807, 2.05) is 0 Å². The van der Waals surface area contributed by atoms with E-state index >= 15 is 0 Å². The van der Waals surface area contributed by atoms with Crippen molar-refractivity contribution in [2.45, 2.75) is 31.8 Å². The molecule has 0 saturated heterocycles. The second kappa shape index (κ2) is 4.64. The highest BCUT2D eigenvalue weighted by molar-refractivity contribution is 5.81. The van der Waals surface area contributed by atoms with Gasteiger partial charge in [-0.15, -0.1) is 0 Å². The first-order chi connectivity index (χ1) is 10.9. The Balaban J connectivity index is 1.55. The number of hydrogen-bond donors (Lipinski definition) is 0. The zero-order valence-corrected chi connectivity index (χ0v) is 12.7. The van der Waals surface area contributed by atoms with Crippen molar-refractivity contribution in [1.82, 2.24) is 4.57 Å².